The zero-order valence-electron chi connectivity index (χ0n) is 6.65. The Balaban J connectivity index is 3.23. The van der Waals surface area contributed by atoms with Gasteiger partial charge in [0.15, 0.2) is 0 Å². The summed E-state index contributed by atoms with van der Waals surface area (Å²) in [6.45, 7) is -1.25. The minimum atomic E-state index is -0.890. The van der Waals surface area contributed by atoms with Crippen molar-refractivity contribution in [2.24, 2.45) is 0 Å². The summed E-state index contributed by atoms with van der Waals surface area (Å²) in [7, 11) is 0. The van der Waals surface area contributed by atoms with Crippen molar-refractivity contribution in [2.45, 2.75) is 0 Å². The van der Waals surface area contributed by atoms with Crippen LogP contribution in [0.15, 0.2) is 23.0 Å². The predicted octanol–water partition coefficient (Wildman–Crippen LogP) is -1.14. The van der Waals surface area contributed by atoms with E-state index in [1.807, 2.05) is 0 Å². The minimum absolute atomic E-state index is 0.0906. The van der Waals surface area contributed by atoms with Crippen LogP contribution in [0.5, 0.6) is 0 Å². The molecule has 13 heavy (non-hydrogen) atoms. The lowest BCUT2D eigenvalue weighted by Crippen LogP contribution is -2.24. The largest absolute Gasteiger partial charge is 0.507 e. The van der Waals surface area contributed by atoms with E-state index in [0.29, 0.717) is 0 Å². The third-order valence-electron chi connectivity index (χ3n) is 1.76. The number of aliphatic hydroxyl groups excluding tert-OH is 3. The maximum absolute atomic E-state index is 11.0. The van der Waals surface area contributed by atoms with Crippen molar-refractivity contribution in [3.8, 4) is 0 Å². The lowest BCUT2D eigenvalue weighted by molar-refractivity contribution is -0.132. The van der Waals surface area contributed by atoms with Gasteiger partial charge in [-0.2, -0.15) is 0 Å². The quantitative estimate of drug-likeness (QED) is 0.372. The van der Waals surface area contributed by atoms with E-state index in [2.05, 4.69) is 0 Å². The van der Waals surface area contributed by atoms with Crippen LogP contribution in [-0.4, -0.2) is 40.1 Å². The Bertz CT molecular complexity index is 323. The van der Waals surface area contributed by atoms with Crippen molar-refractivity contribution >= 4 is 11.6 Å². The molecule has 0 aliphatic heterocycles. The van der Waals surface area contributed by atoms with Crippen molar-refractivity contribution < 1.29 is 24.9 Å². The second-order valence-corrected chi connectivity index (χ2v) is 2.50. The molecular formula is C8H8O5. The van der Waals surface area contributed by atoms with Gasteiger partial charge in [0.05, 0.1) is 13.2 Å². The molecule has 70 valence electrons. The maximum Gasteiger partial charge on any atom is 0.231 e. The average molecular weight is 184 g/mol. The van der Waals surface area contributed by atoms with Gasteiger partial charge in [-0.05, 0) is 0 Å². The fraction of sp³-hybridized carbons (Fsp3) is 0.250. The van der Waals surface area contributed by atoms with Gasteiger partial charge in [-0.25, -0.2) is 0 Å². The number of hydrogen-bond donors (Lipinski definition) is 3. The van der Waals surface area contributed by atoms with Crippen LogP contribution in [0.4, 0.5) is 0 Å². The zero-order chi connectivity index (χ0) is 10.0. The molecule has 0 amide bonds. The smallest absolute Gasteiger partial charge is 0.231 e. The molecule has 0 saturated carbocycles. The van der Waals surface area contributed by atoms with Crippen LogP contribution in [0.1, 0.15) is 0 Å². The Kier molecular flexibility index (Phi) is 2.60. The monoisotopic (exact) mass is 184 g/mol. The van der Waals surface area contributed by atoms with Gasteiger partial charge in [-0.15, -0.1) is 0 Å². The highest BCUT2D eigenvalue weighted by atomic mass is 16.3. The normalized spacial score (nSPS) is 17.8. The van der Waals surface area contributed by atoms with E-state index in [0.717, 1.165) is 6.08 Å². The van der Waals surface area contributed by atoms with Crippen molar-refractivity contribution in [3.63, 3.8) is 0 Å². The van der Waals surface area contributed by atoms with Crippen molar-refractivity contribution in [2.75, 3.05) is 13.2 Å². The second kappa shape index (κ2) is 3.51. The molecule has 0 radical (unpaired) electrons. The van der Waals surface area contributed by atoms with Crippen molar-refractivity contribution in [3.05, 3.63) is 23.0 Å². The summed E-state index contributed by atoms with van der Waals surface area (Å²) in [6, 6.07) is 0. The highest BCUT2D eigenvalue weighted by Crippen LogP contribution is 2.18. The molecule has 1 aliphatic carbocycles. The zero-order valence-corrected chi connectivity index (χ0v) is 6.65. The van der Waals surface area contributed by atoms with Gasteiger partial charge >= 0.3 is 0 Å². The van der Waals surface area contributed by atoms with Gasteiger partial charge in [0, 0.05) is 17.2 Å². The molecule has 0 saturated heterocycles. The predicted molar refractivity (Wildman–Crippen MR) is 41.9 cm³/mol. The van der Waals surface area contributed by atoms with Crippen LogP contribution in [0.2, 0.25) is 0 Å². The summed E-state index contributed by atoms with van der Waals surface area (Å²) < 4.78 is 0. The maximum atomic E-state index is 11.0. The van der Waals surface area contributed by atoms with Crippen LogP contribution in [0.25, 0.3) is 0 Å². The molecule has 0 bridgehead atoms. The van der Waals surface area contributed by atoms with Gasteiger partial charge < -0.3 is 15.3 Å². The van der Waals surface area contributed by atoms with Gasteiger partial charge in [0.1, 0.15) is 5.76 Å². The second-order valence-electron chi connectivity index (χ2n) is 2.50. The lowest BCUT2D eigenvalue weighted by Gasteiger charge is -2.12. The number of allylic oxidation sites excluding steroid dienone is 1. The molecule has 5 nitrogen and oxygen atoms in total. The molecule has 1 rings (SSSR count). The molecule has 0 aromatic carbocycles. The molecule has 0 heterocycles. The van der Waals surface area contributed by atoms with Crippen LogP contribution < -0.4 is 0 Å². The minimum Gasteiger partial charge on any atom is -0.507 e. The summed E-state index contributed by atoms with van der Waals surface area (Å²) >= 11 is 0. The topological polar surface area (TPSA) is 94.8 Å². The fourth-order valence-electron chi connectivity index (χ4n) is 1.06. The lowest BCUT2D eigenvalue weighted by atomic mass is 9.95. The van der Waals surface area contributed by atoms with E-state index in [1.54, 1.807) is 0 Å². The Morgan fingerprint density at radius 1 is 1.08 bits per heavy atom. The summed E-state index contributed by atoms with van der Waals surface area (Å²) in [5, 5.41) is 26.6. The third-order valence-corrected chi connectivity index (χ3v) is 1.76. The highest BCUT2D eigenvalue weighted by molar-refractivity contribution is 6.48. The molecule has 1 aliphatic rings. The Labute approximate surface area is 73.6 Å². The summed E-state index contributed by atoms with van der Waals surface area (Å²) in [6.07, 6.45) is 0.729. The average Bonchev–Trinajstić information content (AvgIpc) is 2.10. The van der Waals surface area contributed by atoms with Crippen LogP contribution in [-0.2, 0) is 9.59 Å². The first-order valence-corrected chi connectivity index (χ1v) is 3.55. The SMILES string of the molecule is O=C1C=C(O)C(CO)=C(CO)C1=O. The van der Waals surface area contributed by atoms with Gasteiger partial charge in [0.25, 0.3) is 0 Å². The van der Waals surface area contributed by atoms with Gasteiger partial charge in [-0.3, -0.25) is 9.59 Å². The van der Waals surface area contributed by atoms with Gasteiger partial charge in [0.2, 0.25) is 11.6 Å². The van der Waals surface area contributed by atoms with Crippen molar-refractivity contribution in [1.82, 2.24) is 0 Å². The summed E-state index contributed by atoms with van der Waals surface area (Å²) in [5.41, 5.74) is -0.334. The Morgan fingerprint density at radius 3 is 2.08 bits per heavy atom. The van der Waals surface area contributed by atoms with E-state index >= 15 is 0 Å². The van der Waals surface area contributed by atoms with E-state index in [-0.39, 0.29) is 11.1 Å². The first-order chi connectivity index (χ1) is 6.11. The van der Waals surface area contributed by atoms with E-state index < -0.39 is 30.5 Å². The number of rotatable bonds is 2. The number of aliphatic hydroxyl groups is 3. The van der Waals surface area contributed by atoms with Crippen molar-refractivity contribution in [1.29, 1.82) is 0 Å². The van der Waals surface area contributed by atoms with Crippen LogP contribution in [0, 0.1) is 0 Å². The van der Waals surface area contributed by atoms with E-state index in [1.165, 1.54) is 0 Å². The molecule has 5 heteroatoms. The summed E-state index contributed by atoms with van der Waals surface area (Å²) in [5.74, 6) is -2.24. The number of carbonyl (C=O) groups excluding carboxylic acids is 2. The third kappa shape index (κ3) is 1.51. The van der Waals surface area contributed by atoms with E-state index in [4.69, 9.17) is 15.3 Å². The molecular weight excluding hydrogens is 176 g/mol. The first-order valence-electron chi connectivity index (χ1n) is 3.55. The Morgan fingerprint density at radius 2 is 1.62 bits per heavy atom. The van der Waals surface area contributed by atoms with Crippen LogP contribution >= 0.6 is 0 Å². The molecule has 0 spiro atoms. The number of hydrogen-bond acceptors (Lipinski definition) is 5. The Hall–Kier alpha value is -1.46. The summed E-state index contributed by atoms with van der Waals surface area (Å²) in [4.78, 5) is 21.9. The van der Waals surface area contributed by atoms with E-state index in [9.17, 15) is 9.59 Å². The first kappa shape index (κ1) is 9.63. The highest BCUT2D eigenvalue weighted by Gasteiger charge is 2.27. The number of carbonyl (C=O) groups is 2. The standard InChI is InChI=1S/C8H8O5/c9-2-4-5(3-10)8(13)7(12)1-6(4)11/h1,9-11H,2-3H2. The molecule has 0 fully saturated rings. The van der Waals surface area contributed by atoms with Crippen LogP contribution in [0.3, 0.4) is 0 Å². The number of ketones is 2. The molecule has 0 aromatic rings. The fourth-order valence-corrected chi connectivity index (χ4v) is 1.06. The van der Waals surface area contributed by atoms with Gasteiger partial charge in [-0.1, -0.05) is 0 Å². The molecule has 0 unspecified atom stereocenters. The molecule has 3 N–H and O–H groups in total. The number of Topliss-reactive ketones (excluding diaryl/α,β-unsaturated/α-hetero) is 1. The molecule has 0 aromatic heterocycles. The molecule has 0 atom stereocenters.